The highest BCUT2D eigenvalue weighted by molar-refractivity contribution is 14.0. The average Bonchev–Trinajstić information content (AvgIpc) is 3.48. The van der Waals surface area contributed by atoms with Gasteiger partial charge in [0, 0.05) is 13.1 Å². The number of aliphatic imine (C=N–C) groups is 1. The summed E-state index contributed by atoms with van der Waals surface area (Å²) in [6.45, 7) is 10.9. The zero-order valence-electron chi connectivity index (χ0n) is 19.4. The van der Waals surface area contributed by atoms with Crippen molar-refractivity contribution in [3.05, 3.63) is 29.8 Å². The molecule has 0 spiro atoms. The van der Waals surface area contributed by atoms with Gasteiger partial charge in [-0.2, -0.15) is 0 Å². The first-order valence-corrected chi connectivity index (χ1v) is 11.9. The summed E-state index contributed by atoms with van der Waals surface area (Å²) in [4.78, 5) is 10.1. The van der Waals surface area contributed by atoms with Gasteiger partial charge in [-0.25, -0.2) is 0 Å². The number of nitrogens with one attached hydrogen (secondary N) is 2. The Balaban J connectivity index is 0.00000341. The molecule has 0 amide bonds. The molecule has 2 fully saturated rings. The summed E-state index contributed by atoms with van der Waals surface area (Å²) in [5.41, 5.74) is 1.29. The monoisotopic (exact) mass is 543 g/mol. The van der Waals surface area contributed by atoms with Gasteiger partial charge < -0.3 is 20.3 Å². The second kappa shape index (κ2) is 14.9. The van der Waals surface area contributed by atoms with Gasteiger partial charge >= 0.3 is 0 Å². The van der Waals surface area contributed by atoms with Crippen LogP contribution in [-0.4, -0.2) is 75.2 Å². The standard InChI is InChI=1S/C24H41N5O.HI/c1-3-25-24(26-13-4-5-14-28-15-6-7-16-28)27-20-23(29-17-8-9-18-29)21-11-10-12-22(19-21)30-2;/h10-12,19,23H,3-9,13-18,20H2,1-2H3,(H2,25,26,27);1H. The third kappa shape index (κ3) is 8.77. The van der Waals surface area contributed by atoms with Crippen molar-refractivity contribution in [3.63, 3.8) is 0 Å². The molecule has 0 aromatic heterocycles. The largest absolute Gasteiger partial charge is 0.497 e. The topological polar surface area (TPSA) is 52.1 Å². The summed E-state index contributed by atoms with van der Waals surface area (Å²) >= 11 is 0. The van der Waals surface area contributed by atoms with E-state index in [1.807, 2.05) is 6.07 Å². The number of benzene rings is 1. The van der Waals surface area contributed by atoms with Gasteiger partial charge in [0.2, 0.25) is 0 Å². The van der Waals surface area contributed by atoms with Crippen molar-refractivity contribution in [2.45, 2.75) is 51.5 Å². The smallest absolute Gasteiger partial charge is 0.191 e. The summed E-state index contributed by atoms with van der Waals surface area (Å²) in [6, 6.07) is 8.77. The van der Waals surface area contributed by atoms with Gasteiger partial charge in [0.1, 0.15) is 5.75 Å². The van der Waals surface area contributed by atoms with Crippen molar-refractivity contribution in [2.24, 2.45) is 4.99 Å². The van der Waals surface area contributed by atoms with Crippen LogP contribution in [-0.2, 0) is 0 Å². The third-order valence-corrected chi connectivity index (χ3v) is 6.22. The van der Waals surface area contributed by atoms with Gasteiger partial charge in [-0.1, -0.05) is 12.1 Å². The highest BCUT2D eigenvalue weighted by Crippen LogP contribution is 2.27. The number of guanidine groups is 1. The SMILES string of the molecule is CCNC(=NCC(c1cccc(OC)c1)N1CCCC1)NCCCCN1CCCC1.I. The van der Waals surface area contributed by atoms with Gasteiger partial charge in [0.25, 0.3) is 0 Å². The van der Waals surface area contributed by atoms with Crippen LogP contribution < -0.4 is 15.4 Å². The molecule has 0 saturated carbocycles. The molecule has 1 atom stereocenters. The van der Waals surface area contributed by atoms with E-state index in [1.165, 1.54) is 63.7 Å². The van der Waals surface area contributed by atoms with Crippen LogP contribution in [0.25, 0.3) is 0 Å². The lowest BCUT2D eigenvalue weighted by Crippen LogP contribution is -2.39. The van der Waals surface area contributed by atoms with E-state index in [-0.39, 0.29) is 24.0 Å². The minimum Gasteiger partial charge on any atom is -0.497 e. The molecule has 1 aromatic carbocycles. The molecule has 0 bridgehead atoms. The van der Waals surface area contributed by atoms with E-state index in [4.69, 9.17) is 9.73 Å². The van der Waals surface area contributed by atoms with E-state index in [0.717, 1.165) is 44.4 Å². The Morgan fingerprint density at radius 2 is 1.81 bits per heavy atom. The summed E-state index contributed by atoms with van der Waals surface area (Å²) in [7, 11) is 1.74. The minimum absolute atomic E-state index is 0. The molecule has 1 aromatic rings. The molecule has 0 radical (unpaired) electrons. The van der Waals surface area contributed by atoms with Crippen LogP contribution in [0.3, 0.4) is 0 Å². The van der Waals surface area contributed by atoms with E-state index in [0.29, 0.717) is 6.04 Å². The number of rotatable bonds is 11. The van der Waals surface area contributed by atoms with Gasteiger partial charge in [0.05, 0.1) is 19.7 Å². The molecule has 7 heteroatoms. The Kier molecular flexibility index (Phi) is 12.6. The third-order valence-electron chi connectivity index (χ3n) is 6.22. The zero-order chi connectivity index (χ0) is 21.0. The van der Waals surface area contributed by atoms with Crippen molar-refractivity contribution in [2.75, 3.05) is 59.5 Å². The fraction of sp³-hybridized carbons (Fsp3) is 0.708. The molecule has 3 rings (SSSR count). The Hall–Kier alpha value is -1.06. The first-order valence-electron chi connectivity index (χ1n) is 11.9. The fourth-order valence-electron chi connectivity index (χ4n) is 4.53. The van der Waals surface area contributed by atoms with Crippen LogP contribution in [0, 0.1) is 0 Å². The number of nitrogens with zero attached hydrogens (tertiary/aromatic N) is 3. The maximum absolute atomic E-state index is 5.46. The molecular formula is C24H42IN5O. The van der Waals surface area contributed by atoms with Crippen LogP contribution in [0.5, 0.6) is 5.75 Å². The Labute approximate surface area is 206 Å². The van der Waals surface area contributed by atoms with Crippen LogP contribution in [0.2, 0.25) is 0 Å². The lowest BCUT2D eigenvalue weighted by Gasteiger charge is -2.27. The molecule has 2 N–H and O–H groups in total. The quantitative estimate of drug-likeness (QED) is 0.192. The number of hydrogen-bond donors (Lipinski definition) is 2. The molecule has 1 unspecified atom stereocenters. The van der Waals surface area contributed by atoms with Crippen molar-refractivity contribution < 1.29 is 4.74 Å². The van der Waals surface area contributed by atoms with Crippen LogP contribution in [0.4, 0.5) is 0 Å². The fourth-order valence-corrected chi connectivity index (χ4v) is 4.53. The Morgan fingerprint density at radius 1 is 1.06 bits per heavy atom. The van der Waals surface area contributed by atoms with Gasteiger partial charge in [0.15, 0.2) is 5.96 Å². The van der Waals surface area contributed by atoms with Crippen LogP contribution in [0.15, 0.2) is 29.3 Å². The van der Waals surface area contributed by atoms with Crippen LogP contribution in [0.1, 0.15) is 57.1 Å². The van der Waals surface area contributed by atoms with E-state index in [9.17, 15) is 0 Å². The lowest BCUT2D eigenvalue weighted by molar-refractivity contribution is 0.251. The minimum atomic E-state index is 0. The second-order valence-corrected chi connectivity index (χ2v) is 8.44. The molecule has 2 aliphatic heterocycles. The Bertz CT molecular complexity index is 645. The summed E-state index contributed by atoms with van der Waals surface area (Å²) in [5.74, 6) is 1.86. The molecular weight excluding hydrogens is 501 g/mol. The predicted molar refractivity (Wildman–Crippen MR) is 141 cm³/mol. The molecule has 2 heterocycles. The Morgan fingerprint density at radius 3 is 2.52 bits per heavy atom. The van der Waals surface area contributed by atoms with E-state index < -0.39 is 0 Å². The first kappa shape index (κ1) is 26.2. The maximum atomic E-state index is 5.46. The number of hydrogen-bond acceptors (Lipinski definition) is 4. The maximum Gasteiger partial charge on any atom is 0.191 e. The average molecular weight is 544 g/mol. The van der Waals surface area contributed by atoms with Gasteiger partial charge in [-0.05, 0) is 95.9 Å². The molecule has 6 nitrogen and oxygen atoms in total. The highest BCUT2D eigenvalue weighted by Gasteiger charge is 2.23. The molecule has 31 heavy (non-hydrogen) atoms. The predicted octanol–water partition coefficient (Wildman–Crippen LogP) is 3.88. The number of methoxy groups -OCH3 is 1. The lowest BCUT2D eigenvalue weighted by atomic mass is 10.1. The van der Waals surface area contributed by atoms with Crippen molar-refractivity contribution in [1.82, 2.24) is 20.4 Å². The van der Waals surface area contributed by atoms with E-state index >= 15 is 0 Å². The molecule has 176 valence electrons. The zero-order valence-corrected chi connectivity index (χ0v) is 21.8. The molecule has 0 aliphatic carbocycles. The normalized spacial score (nSPS) is 18.6. The summed E-state index contributed by atoms with van der Waals surface area (Å²) in [5, 5.41) is 6.96. The summed E-state index contributed by atoms with van der Waals surface area (Å²) < 4.78 is 5.46. The molecule has 2 aliphatic rings. The van der Waals surface area contributed by atoms with Crippen molar-refractivity contribution in [3.8, 4) is 5.75 Å². The number of halogens is 1. The van der Waals surface area contributed by atoms with E-state index in [2.05, 4.69) is 45.6 Å². The summed E-state index contributed by atoms with van der Waals surface area (Å²) in [6.07, 6.45) is 7.75. The first-order chi connectivity index (χ1) is 14.8. The number of likely N-dealkylation sites (tertiary alicyclic amines) is 2. The highest BCUT2D eigenvalue weighted by atomic mass is 127. The number of unbranched alkanes of at least 4 members (excludes halogenated alkanes) is 1. The van der Waals surface area contributed by atoms with Crippen molar-refractivity contribution >= 4 is 29.9 Å². The molecule has 2 saturated heterocycles. The number of ether oxygens (including phenoxy) is 1. The second-order valence-electron chi connectivity index (χ2n) is 8.44. The van der Waals surface area contributed by atoms with Crippen molar-refractivity contribution in [1.29, 1.82) is 0 Å². The van der Waals surface area contributed by atoms with Crippen LogP contribution >= 0.6 is 24.0 Å². The van der Waals surface area contributed by atoms with Gasteiger partial charge in [-0.15, -0.1) is 24.0 Å². The van der Waals surface area contributed by atoms with Gasteiger partial charge in [-0.3, -0.25) is 9.89 Å². The van der Waals surface area contributed by atoms with E-state index in [1.54, 1.807) is 7.11 Å².